The van der Waals surface area contributed by atoms with Gasteiger partial charge in [-0.3, -0.25) is 14.6 Å². The number of rotatable bonds is 4. The molecule has 0 spiro atoms. The van der Waals surface area contributed by atoms with Crippen molar-refractivity contribution >= 4 is 46.4 Å². The molecule has 3 aromatic rings. The zero-order valence-corrected chi connectivity index (χ0v) is 14.9. The topological polar surface area (TPSA) is 71.1 Å². The fourth-order valence-corrected chi connectivity index (χ4v) is 2.51. The van der Waals surface area contributed by atoms with Gasteiger partial charge in [0.25, 0.3) is 11.8 Å². The lowest BCUT2D eigenvalue weighted by atomic mass is 10.2. The molecule has 3 rings (SSSR count). The van der Waals surface area contributed by atoms with E-state index in [1.807, 2.05) is 0 Å². The number of hydrogen-bond acceptors (Lipinski definition) is 3. The van der Waals surface area contributed by atoms with Gasteiger partial charge in [0.1, 0.15) is 0 Å². The van der Waals surface area contributed by atoms with Gasteiger partial charge in [0.05, 0.1) is 15.6 Å². The Morgan fingerprint density at radius 2 is 1.46 bits per heavy atom. The molecule has 0 unspecified atom stereocenters. The average molecular weight is 386 g/mol. The van der Waals surface area contributed by atoms with E-state index in [1.54, 1.807) is 54.7 Å². The van der Waals surface area contributed by atoms with Crippen LogP contribution in [-0.4, -0.2) is 16.8 Å². The SMILES string of the molecule is O=C(Nc1cccc(NC(=O)c2ccc(Cl)c(Cl)c2)c1)c1cccnc1. The monoisotopic (exact) mass is 385 g/mol. The lowest BCUT2D eigenvalue weighted by Crippen LogP contribution is -2.14. The molecular weight excluding hydrogens is 373 g/mol. The lowest BCUT2D eigenvalue weighted by molar-refractivity contribution is 0.101. The first-order valence-corrected chi connectivity index (χ1v) is 8.36. The Balaban J connectivity index is 1.72. The smallest absolute Gasteiger partial charge is 0.257 e. The second kappa shape index (κ2) is 7.99. The van der Waals surface area contributed by atoms with Crippen molar-refractivity contribution in [1.29, 1.82) is 0 Å². The highest BCUT2D eigenvalue weighted by Crippen LogP contribution is 2.23. The minimum absolute atomic E-state index is 0.286. The quantitative estimate of drug-likeness (QED) is 0.671. The highest BCUT2D eigenvalue weighted by molar-refractivity contribution is 6.42. The largest absolute Gasteiger partial charge is 0.322 e. The maximum absolute atomic E-state index is 12.3. The third kappa shape index (κ3) is 4.39. The van der Waals surface area contributed by atoms with Crippen LogP contribution in [-0.2, 0) is 0 Å². The van der Waals surface area contributed by atoms with Crippen molar-refractivity contribution in [3.05, 3.63) is 88.2 Å². The number of nitrogens with one attached hydrogen (secondary N) is 2. The van der Waals surface area contributed by atoms with Gasteiger partial charge in [-0.05, 0) is 48.5 Å². The zero-order valence-electron chi connectivity index (χ0n) is 13.4. The molecule has 2 amide bonds. The van der Waals surface area contributed by atoms with Crippen LogP contribution in [0, 0.1) is 0 Å². The first-order valence-electron chi connectivity index (χ1n) is 7.61. The molecule has 130 valence electrons. The van der Waals surface area contributed by atoms with Crippen molar-refractivity contribution in [3.63, 3.8) is 0 Å². The summed E-state index contributed by atoms with van der Waals surface area (Å²) in [5.41, 5.74) is 1.90. The number of pyridine rings is 1. The summed E-state index contributed by atoms with van der Waals surface area (Å²) < 4.78 is 0. The molecule has 2 aromatic carbocycles. The van der Waals surface area contributed by atoms with Gasteiger partial charge in [-0.2, -0.15) is 0 Å². The van der Waals surface area contributed by atoms with Crippen LogP contribution in [0.3, 0.4) is 0 Å². The molecule has 0 radical (unpaired) electrons. The summed E-state index contributed by atoms with van der Waals surface area (Å²) in [4.78, 5) is 28.4. The Labute approximate surface area is 160 Å². The fourth-order valence-electron chi connectivity index (χ4n) is 2.22. The molecule has 0 bridgehead atoms. The highest BCUT2D eigenvalue weighted by atomic mass is 35.5. The number of amides is 2. The first kappa shape index (κ1) is 17.9. The number of carbonyl (C=O) groups is 2. The van der Waals surface area contributed by atoms with Crippen molar-refractivity contribution in [3.8, 4) is 0 Å². The third-order valence-electron chi connectivity index (χ3n) is 3.48. The second-order valence-corrected chi connectivity index (χ2v) is 6.17. The molecule has 0 aliphatic heterocycles. The molecule has 7 heteroatoms. The summed E-state index contributed by atoms with van der Waals surface area (Å²) in [5, 5.41) is 6.19. The van der Waals surface area contributed by atoms with Crippen molar-refractivity contribution in [2.75, 3.05) is 10.6 Å². The van der Waals surface area contributed by atoms with E-state index in [2.05, 4.69) is 15.6 Å². The van der Waals surface area contributed by atoms with Gasteiger partial charge < -0.3 is 10.6 Å². The number of benzene rings is 2. The van der Waals surface area contributed by atoms with Crippen molar-refractivity contribution < 1.29 is 9.59 Å². The van der Waals surface area contributed by atoms with Gasteiger partial charge >= 0.3 is 0 Å². The Morgan fingerprint density at radius 3 is 2.08 bits per heavy atom. The Kier molecular flexibility index (Phi) is 5.51. The second-order valence-electron chi connectivity index (χ2n) is 5.36. The molecule has 2 N–H and O–H groups in total. The molecule has 0 atom stereocenters. The van der Waals surface area contributed by atoms with Gasteiger partial charge in [-0.1, -0.05) is 29.3 Å². The highest BCUT2D eigenvalue weighted by Gasteiger charge is 2.10. The summed E-state index contributed by atoms with van der Waals surface area (Å²) in [6, 6.07) is 14.8. The summed E-state index contributed by atoms with van der Waals surface area (Å²) >= 11 is 11.8. The van der Waals surface area contributed by atoms with E-state index in [-0.39, 0.29) is 11.8 Å². The molecule has 1 aromatic heterocycles. The van der Waals surface area contributed by atoms with E-state index >= 15 is 0 Å². The van der Waals surface area contributed by atoms with E-state index in [0.29, 0.717) is 32.5 Å². The summed E-state index contributed by atoms with van der Waals surface area (Å²) in [5.74, 6) is -0.620. The van der Waals surface area contributed by atoms with Gasteiger partial charge in [0.2, 0.25) is 0 Å². The third-order valence-corrected chi connectivity index (χ3v) is 4.22. The maximum atomic E-state index is 12.3. The molecule has 0 aliphatic rings. The van der Waals surface area contributed by atoms with E-state index in [0.717, 1.165) is 0 Å². The predicted octanol–water partition coefficient (Wildman–Crippen LogP) is 4.89. The average Bonchev–Trinajstić information content (AvgIpc) is 2.65. The van der Waals surface area contributed by atoms with Gasteiger partial charge in [-0.25, -0.2) is 0 Å². The number of aromatic nitrogens is 1. The van der Waals surface area contributed by atoms with Crippen LogP contribution in [0.1, 0.15) is 20.7 Å². The fraction of sp³-hybridized carbons (Fsp3) is 0. The van der Waals surface area contributed by atoms with Gasteiger partial charge in [0.15, 0.2) is 0 Å². The summed E-state index contributed by atoms with van der Waals surface area (Å²) in [6.45, 7) is 0. The lowest BCUT2D eigenvalue weighted by Gasteiger charge is -2.09. The van der Waals surface area contributed by atoms with Crippen LogP contribution in [0.4, 0.5) is 11.4 Å². The Morgan fingerprint density at radius 1 is 0.769 bits per heavy atom. The van der Waals surface area contributed by atoms with Crippen molar-refractivity contribution in [1.82, 2.24) is 4.98 Å². The minimum atomic E-state index is -0.334. The van der Waals surface area contributed by atoms with Crippen LogP contribution in [0.25, 0.3) is 0 Å². The van der Waals surface area contributed by atoms with Crippen LogP contribution in [0.2, 0.25) is 10.0 Å². The number of nitrogens with zero attached hydrogens (tertiary/aromatic N) is 1. The summed E-state index contributed by atoms with van der Waals surface area (Å²) in [6.07, 6.45) is 3.07. The summed E-state index contributed by atoms with van der Waals surface area (Å²) in [7, 11) is 0. The molecule has 0 aliphatic carbocycles. The molecule has 1 heterocycles. The molecule has 0 saturated heterocycles. The number of hydrogen-bond donors (Lipinski definition) is 2. The number of halogens is 2. The molecule has 0 saturated carbocycles. The standard InChI is InChI=1S/C19H13Cl2N3O2/c20-16-7-6-12(9-17(16)21)18(25)23-14-4-1-5-15(10-14)24-19(26)13-3-2-8-22-11-13/h1-11H,(H,23,25)(H,24,26). The van der Waals surface area contributed by atoms with Gasteiger partial charge in [-0.15, -0.1) is 0 Å². The van der Waals surface area contributed by atoms with Crippen LogP contribution in [0.5, 0.6) is 0 Å². The van der Waals surface area contributed by atoms with Crippen LogP contribution in [0.15, 0.2) is 67.0 Å². The normalized spacial score (nSPS) is 10.2. The van der Waals surface area contributed by atoms with E-state index in [9.17, 15) is 9.59 Å². The van der Waals surface area contributed by atoms with E-state index in [4.69, 9.17) is 23.2 Å². The molecule has 0 fully saturated rings. The van der Waals surface area contributed by atoms with E-state index in [1.165, 1.54) is 12.3 Å². The van der Waals surface area contributed by atoms with Crippen LogP contribution < -0.4 is 10.6 Å². The minimum Gasteiger partial charge on any atom is -0.322 e. The van der Waals surface area contributed by atoms with Crippen molar-refractivity contribution in [2.45, 2.75) is 0 Å². The first-order chi connectivity index (χ1) is 12.5. The van der Waals surface area contributed by atoms with Crippen LogP contribution >= 0.6 is 23.2 Å². The molecule has 26 heavy (non-hydrogen) atoms. The van der Waals surface area contributed by atoms with Crippen molar-refractivity contribution in [2.24, 2.45) is 0 Å². The Bertz CT molecular complexity index is 962. The number of anilines is 2. The molecule has 5 nitrogen and oxygen atoms in total. The van der Waals surface area contributed by atoms with E-state index < -0.39 is 0 Å². The Hall–Kier alpha value is -2.89. The molecular formula is C19H13Cl2N3O2. The number of carbonyl (C=O) groups excluding carboxylic acids is 2. The van der Waals surface area contributed by atoms with Gasteiger partial charge in [0, 0.05) is 29.3 Å². The maximum Gasteiger partial charge on any atom is 0.257 e. The zero-order chi connectivity index (χ0) is 18.5. The predicted molar refractivity (Wildman–Crippen MR) is 103 cm³/mol.